The highest BCUT2D eigenvalue weighted by Crippen LogP contribution is 2.27. The first kappa shape index (κ1) is 15.8. The van der Waals surface area contributed by atoms with Crippen molar-refractivity contribution >= 4 is 33.6 Å². The second kappa shape index (κ2) is 6.47. The first-order valence-corrected chi connectivity index (χ1v) is 7.76. The van der Waals surface area contributed by atoms with Crippen LogP contribution in [0, 0.1) is 12.8 Å². The lowest BCUT2D eigenvalue weighted by Crippen LogP contribution is -2.53. The van der Waals surface area contributed by atoms with E-state index >= 15 is 0 Å². The number of hydrogen-bond acceptors (Lipinski definition) is 2. The van der Waals surface area contributed by atoms with Gasteiger partial charge in [-0.15, -0.1) is 0 Å². The second-order valence-electron chi connectivity index (χ2n) is 5.44. The van der Waals surface area contributed by atoms with Crippen LogP contribution in [0.15, 0.2) is 22.7 Å². The lowest BCUT2D eigenvalue weighted by molar-refractivity contribution is -0.145. The molecule has 1 aromatic carbocycles. The number of nitrogens with one attached hydrogen (secondary N) is 1. The van der Waals surface area contributed by atoms with E-state index < -0.39 is 12.0 Å². The van der Waals surface area contributed by atoms with E-state index in [1.165, 1.54) is 4.90 Å². The molecule has 2 amide bonds. The Morgan fingerprint density at radius 3 is 2.81 bits per heavy atom. The summed E-state index contributed by atoms with van der Waals surface area (Å²) in [6.45, 7) is 4.25. The average molecular weight is 355 g/mol. The first-order chi connectivity index (χ1) is 9.91. The minimum atomic E-state index is -0.941. The maximum atomic E-state index is 12.4. The highest BCUT2D eigenvalue weighted by Gasteiger charge is 2.37. The van der Waals surface area contributed by atoms with Gasteiger partial charge in [0, 0.05) is 16.7 Å². The van der Waals surface area contributed by atoms with Gasteiger partial charge in [-0.25, -0.2) is 9.59 Å². The minimum Gasteiger partial charge on any atom is -0.480 e. The zero-order valence-corrected chi connectivity index (χ0v) is 13.7. The summed E-state index contributed by atoms with van der Waals surface area (Å²) in [4.78, 5) is 25.3. The summed E-state index contributed by atoms with van der Waals surface area (Å²) >= 11 is 3.42. The SMILES string of the molecule is Cc1c(Br)cccc1NC(=O)N1CCCC(C)C1C(=O)O. The molecule has 1 fully saturated rings. The molecule has 1 saturated heterocycles. The molecule has 2 atom stereocenters. The molecule has 1 aliphatic rings. The van der Waals surface area contributed by atoms with E-state index in [9.17, 15) is 14.7 Å². The van der Waals surface area contributed by atoms with Gasteiger partial charge in [-0.1, -0.05) is 28.9 Å². The third-order valence-corrected chi connectivity index (χ3v) is 4.82. The Morgan fingerprint density at radius 1 is 1.43 bits per heavy atom. The molecule has 1 heterocycles. The second-order valence-corrected chi connectivity index (χ2v) is 6.29. The van der Waals surface area contributed by atoms with Crippen molar-refractivity contribution in [1.29, 1.82) is 0 Å². The molecule has 2 unspecified atom stereocenters. The van der Waals surface area contributed by atoms with E-state index in [2.05, 4.69) is 21.2 Å². The van der Waals surface area contributed by atoms with Crippen LogP contribution in [0.3, 0.4) is 0 Å². The molecule has 114 valence electrons. The molecular formula is C15H19BrN2O3. The third kappa shape index (κ3) is 3.37. The van der Waals surface area contributed by atoms with Crippen molar-refractivity contribution in [2.24, 2.45) is 5.92 Å². The zero-order chi connectivity index (χ0) is 15.6. The highest BCUT2D eigenvalue weighted by molar-refractivity contribution is 9.10. The van der Waals surface area contributed by atoms with Crippen molar-refractivity contribution in [2.75, 3.05) is 11.9 Å². The van der Waals surface area contributed by atoms with Crippen molar-refractivity contribution in [2.45, 2.75) is 32.7 Å². The molecule has 5 nitrogen and oxygen atoms in total. The summed E-state index contributed by atoms with van der Waals surface area (Å²) in [5.74, 6) is -0.978. The van der Waals surface area contributed by atoms with Gasteiger partial charge in [0.2, 0.25) is 0 Å². The van der Waals surface area contributed by atoms with Gasteiger partial charge >= 0.3 is 12.0 Å². The maximum absolute atomic E-state index is 12.4. The predicted molar refractivity (Wildman–Crippen MR) is 84.4 cm³/mol. The van der Waals surface area contributed by atoms with Gasteiger partial charge in [0.15, 0.2) is 0 Å². The fourth-order valence-corrected chi connectivity index (χ4v) is 3.09. The standard InChI is InChI=1S/C15H19BrN2O3/c1-9-5-4-8-18(13(9)14(19)20)15(21)17-12-7-3-6-11(16)10(12)2/h3,6-7,9,13H,4-5,8H2,1-2H3,(H,17,21)(H,19,20). The van der Waals surface area contributed by atoms with Crippen LogP contribution in [0.25, 0.3) is 0 Å². The number of carboxylic acid groups (broad SMARTS) is 1. The predicted octanol–water partition coefficient (Wildman–Crippen LogP) is 3.47. The molecule has 0 aromatic heterocycles. The van der Waals surface area contributed by atoms with Gasteiger partial charge in [0.1, 0.15) is 6.04 Å². The number of carboxylic acids is 1. The molecule has 0 aliphatic carbocycles. The summed E-state index contributed by atoms with van der Waals surface area (Å²) in [5, 5.41) is 12.2. The molecule has 0 bridgehead atoms. The molecule has 1 aromatic rings. The Labute approximate surface area is 132 Å². The number of carbonyl (C=O) groups is 2. The van der Waals surface area contributed by atoms with Crippen LogP contribution in [0.5, 0.6) is 0 Å². The van der Waals surface area contributed by atoms with E-state index in [0.29, 0.717) is 12.2 Å². The third-order valence-electron chi connectivity index (χ3n) is 3.96. The number of aliphatic carboxylic acids is 1. The Balaban J connectivity index is 2.18. The van der Waals surface area contributed by atoms with Gasteiger partial charge in [0.05, 0.1) is 0 Å². The molecule has 0 saturated carbocycles. The number of hydrogen-bond donors (Lipinski definition) is 2. The normalized spacial score (nSPS) is 22.0. The Hall–Kier alpha value is -1.56. The monoisotopic (exact) mass is 354 g/mol. The number of nitrogens with zero attached hydrogens (tertiary/aromatic N) is 1. The molecule has 2 N–H and O–H groups in total. The van der Waals surface area contributed by atoms with E-state index in [4.69, 9.17) is 0 Å². The maximum Gasteiger partial charge on any atom is 0.326 e. The summed E-state index contributed by atoms with van der Waals surface area (Å²) in [6, 6.07) is 4.43. The summed E-state index contributed by atoms with van der Waals surface area (Å²) in [5.41, 5.74) is 1.61. The number of halogens is 1. The number of urea groups is 1. The van der Waals surface area contributed by atoms with Crippen molar-refractivity contribution < 1.29 is 14.7 Å². The van der Waals surface area contributed by atoms with Crippen LogP contribution in [0.2, 0.25) is 0 Å². The van der Waals surface area contributed by atoms with Crippen LogP contribution in [0.1, 0.15) is 25.3 Å². The summed E-state index contributed by atoms with van der Waals surface area (Å²) < 4.78 is 0.905. The molecule has 0 spiro atoms. The smallest absolute Gasteiger partial charge is 0.326 e. The van der Waals surface area contributed by atoms with E-state index in [0.717, 1.165) is 22.9 Å². The first-order valence-electron chi connectivity index (χ1n) is 6.97. The van der Waals surface area contributed by atoms with Gasteiger partial charge in [0.25, 0.3) is 0 Å². The van der Waals surface area contributed by atoms with Crippen molar-refractivity contribution in [3.8, 4) is 0 Å². The lowest BCUT2D eigenvalue weighted by Gasteiger charge is -2.37. The lowest BCUT2D eigenvalue weighted by atomic mass is 9.91. The number of anilines is 1. The minimum absolute atomic E-state index is 0.0365. The number of likely N-dealkylation sites (tertiary alicyclic amines) is 1. The van der Waals surface area contributed by atoms with E-state index in [1.807, 2.05) is 26.0 Å². The number of benzene rings is 1. The molecule has 1 aliphatic heterocycles. The Kier molecular flexibility index (Phi) is 4.88. The molecule has 6 heteroatoms. The van der Waals surface area contributed by atoms with Crippen LogP contribution >= 0.6 is 15.9 Å². The van der Waals surface area contributed by atoms with Crippen LogP contribution in [0.4, 0.5) is 10.5 Å². The number of amides is 2. The fraction of sp³-hybridized carbons (Fsp3) is 0.467. The van der Waals surface area contributed by atoms with Crippen LogP contribution in [-0.4, -0.2) is 34.6 Å². The zero-order valence-electron chi connectivity index (χ0n) is 12.1. The largest absolute Gasteiger partial charge is 0.480 e. The van der Waals surface area contributed by atoms with Crippen molar-refractivity contribution in [1.82, 2.24) is 4.90 Å². The number of rotatable bonds is 2. The topological polar surface area (TPSA) is 69.6 Å². The van der Waals surface area contributed by atoms with Crippen molar-refractivity contribution in [3.05, 3.63) is 28.2 Å². The average Bonchev–Trinajstić information content (AvgIpc) is 2.43. The quantitative estimate of drug-likeness (QED) is 0.853. The van der Waals surface area contributed by atoms with E-state index in [-0.39, 0.29) is 11.9 Å². The van der Waals surface area contributed by atoms with Gasteiger partial charge in [-0.05, 0) is 43.4 Å². The number of piperidine rings is 1. The van der Waals surface area contributed by atoms with Gasteiger partial charge in [-0.3, -0.25) is 0 Å². The van der Waals surface area contributed by atoms with Crippen LogP contribution in [-0.2, 0) is 4.79 Å². The Bertz CT molecular complexity index is 562. The number of carbonyl (C=O) groups excluding carboxylic acids is 1. The van der Waals surface area contributed by atoms with Crippen LogP contribution < -0.4 is 5.32 Å². The van der Waals surface area contributed by atoms with Gasteiger partial charge in [-0.2, -0.15) is 0 Å². The Morgan fingerprint density at radius 2 is 2.14 bits per heavy atom. The molecule has 2 rings (SSSR count). The van der Waals surface area contributed by atoms with Gasteiger partial charge < -0.3 is 15.3 Å². The fourth-order valence-electron chi connectivity index (χ4n) is 2.72. The van der Waals surface area contributed by atoms with E-state index in [1.54, 1.807) is 6.07 Å². The molecule has 21 heavy (non-hydrogen) atoms. The molecular weight excluding hydrogens is 336 g/mol. The molecule has 0 radical (unpaired) electrons. The summed E-state index contributed by atoms with van der Waals surface area (Å²) in [7, 11) is 0. The van der Waals surface area contributed by atoms with Crippen molar-refractivity contribution in [3.63, 3.8) is 0 Å². The highest BCUT2D eigenvalue weighted by atomic mass is 79.9. The summed E-state index contributed by atoms with van der Waals surface area (Å²) in [6.07, 6.45) is 1.66.